The Hall–Kier alpha value is -3.24. The Bertz CT molecular complexity index is 1300. The number of fused-ring (bicyclic) bond motifs is 1. The monoisotopic (exact) mass is 439 g/mol. The average molecular weight is 440 g/mol. The van der Waals surface area contributed by atoms with Crippen molar-refractivity contribution in [3.63, 3.8) is 0 Å². The van der Waals surface area contributed by atoms with Gasteiger partial charge in [0, 0.05) is 18.7 Å². The normalized spacial score (nSPS) is 10.9. The third kappa shape index (κ3) is 4.66. The molecular formula is C20H17N5O3S2. The number of nitrogens with zero attached hydrogens (tertiary/aromatic N) is 3. The molecule has 0 saturated heterocycles. The molecule has 0 fully saturated rings. The van der Waals surface area contributed by atoms with Crippen LogP contribution in [0.1, 0.15) is 12.0 Å². The number of carbonyl (C=O) groups excluding carboxylic acids is 1. The van der Waals surface area contributed by atoms with Gasteiger partial charge in [-0.15, -0.1) is 10.2 Å². The van der Waals surface area contributed by atoms with Gasteiger partial charge < -0.3 is 5.32 Å². The zero-order valence-corrected chi connectivity index (χ0v) is 17.3. The second-order valence-electron chi connectivity index (χ2n) is 6.37. The van der Waals surface area contributed by atoms with E-state index in [1.54, 1.807) is 36.0 Å². The van der Waals surface area contributed by atoms with Gasteiger partial charge in [0.05, 0.1) is 10.9 Å². The number of aryl methyl sites for hydroxylation is 1. The molecule has 10 heteroatoms. The van der Waals surface area contributed by atoms with E-state index in [0.29, 0.717) is 16.0 Å². The molecule has 0 radical (unpaired) electrons. The molecule has 0 unspecified atom stereocenters. The van der Waals surface area contributed by atoms with E-state index in [1.807, 2.05) is 30.3 Å². The number of hydrogen-bond donors (Lipinski definition) is 2. The molecule has 0 aliphatic carbocycles. The third-order valence-electron chi connectivity index (χ3n) is 4.33. The maximum absolute atomic E-state index is 12.3. The average Bonchev–Trinajstić information content (AvgIpc) is 3.20. The Morgan fingerprint density at radius 3 is 2.67 bits per heavy atom. The molecule has 8 nitrogen and oxygen atoms in total. The predicted octanol–water partition coefficient (Wildman–Crippen LogP) is 2.86. The van der Waals surface area contributed by atoms with Crippen molar-refractivity contribution < 1.29 is 4.79 Å². The van der Waals surface area contributed by atoms with Gasteiger partial charge in [0.15, 0.2) is 4.34 Å². The lowest BCUT2D eigenvalue weighted by molar-refractivity contribution is -0.116. The zero-order valence-electron chi connectivity index (χ0n) is 15.7. The standard InChI is InChI=1S/C20H17N5O3S2/c26-16(10-11-25-15-9-5-4-8-14(15)17(27)22-19(25)28)21-18-23-24-20(30-18)29-12-13-6-2-1-3-7-13/h1-9H,10-12H2,(H,21,23,26)(H,22,27,28). The van der Waals surface area contributed by atoms with Gasteiger partial charge in [-0.1, -0.05) is 65.6 Å². The van der Waals surface area contributed by atoms with E-state index in [2.05, 4.69) is 20.5 Å². The van der Waals surface area contributed by atoms with Crippen molar-refractivity contribution >= 4 is 45.0 Å². The molecular weight excluding hydrogens is 422 g/mol. The molecule has 2 N–H and O–H groups in total. The van der Waals surface area contributed by atoms with Crippen LogP contribution in [0, 0.1) is 0 Å². The maximum Gasteiger partial charge on any atom is 0.328 e. The molecule has 2 aromatic heterocycles. The molecule has 2 aromatic carbocycles. The molecule has 30 heavy (non-hydrogen) atoms. The summed E-state index contributed by atoms with van der Waals surface area (Å²) in [7, 11) is 0. The molecule has 0 saturated carbocycles. The highest BCUT2D eigenvalue weighted by Gasteiger charge is 2.12. The highest BCUT2D eigenvalue weighted by atomic mass is 32.2. The summed E-state index contributed by atoms with van der Waals surface area (Å²) in [5.41, 5.74) is 0.698. The Morgan fingerprint density at radius 2 is 1.83 bits per heavy atom. The Kier molecular flexibility index (Phi) is 6.05. The van der Waals surface area contributed by atoms with Gasteiger partial charge >= 0.3 is 5.69 Å². The molecule has 4 aromatic rings. The van der Waals surface area contributed by atoms with Crippen LogP contribution in [-0.2, 0) is 17.1 Å². The second kappa shape index (κ2) is 9.06. The maximum atomic E-state index is 12.3. The summed E-state index contributed by atoms with van der Waals surface area (Å²) in [6.45, 7) is 0.135. The van der Waals surface area contributed by atoms with E-state index in [0.717, 1.165) is 10.1 Å². The van der Waals surface area contributed by atoms with Gasteiger partial charge in [0.1, 0.15) is 0 Å². The lowest BCUT2D eigenvalue weighted by Gasteiger charge is -2.08. The number of thioether (sulfide) groups is 1. The Morgan fingerprint density at radius 1 is 1.07 bits per heavy atom. The van der Waals surface area contributed by atoms with Crippen molar-refractivity contribution in [2.45, 2.75) is 23.1 Å². The number of anilines is 1. The first-order chi connectivity index (χ1) is 14.6. The van der Waals surface area contributed by atoms with Crippen molar-refractivity contribution in [2.75, 3.05) is 5.32 Å². The van der Waals surface area contributed by atoms with Crippen molar-refractivity contribution in [1.82, 2.24) is 19.7 Å². The zero-order chi connectivity index (χ0) is 20.9. The smallest absolute Gasteiger partial charge is 0.300 e. The van der Waals surface area contributed by atoms with Crippen molar-refractivity contribution in [2.24, 2.45) is 0 Å². The summed E-state index contributed by atoms with van der Waals surface area (Å²) >= 11 is 2.85. The number of nitrogens with one attached hydrogen (secondary N) is 2. The van der Waals surface area contributed by atoms with Crippen LogP contribution < -0.4 is 16.6 Å². The quantitative estimate of drug-likeness (QED) is 0.338. The summed E-state index contributed by atoms with van der Waals surface area (Å²) < 4.78 is 2.15. The molecule has 1 amide bonds. The van der Waals surface area contributed by atoms with E-state index in [-0.39, 0.29) is 18.9 Å². The lowest BCUT2D eigenvalue weighted by atomic mass is 10.2. The Labute approximate surface area is 179 Å². The summed E-state index contributed by atoms with van der Waals surface area (Å²) in [6.07, 6.45) is 0.0576. The number of H-pyrrole nitrogens is 1. The van der Waals surface area contributed by atoms with E-state index >= 15 is 0 Å². The Balaban J connectivity index is 1.37. The minimum absolute atomic E-state index is 0.0576. The number of rotatable bonds is 7. The highest BCUT2D eigenvalue weighted by molar-refractivity contribution is 8.00. The van der Waals surface area contributed by atoms with Gasteiger partial charge in [-0.05, 0) is 17.7 Å². The molecule has 0 spiro atoms. The van der Waals surface area contributed by atoms with Crippen LogP contribution in [0.2, 0.25) is 0 Å². The largest absolute Gasteiger partial charge is 0.328 e. The van der Waals surface area contributed by atoms with E-state index in [4.69, 9.17) is 0 Å². The first-order valence-corrected chi connectivity index (χ1v) is 10.9. The molecule has 0 bridgehead atoms. The second-order valence-corrected chi connectivity index (χ2v) is 8.57. The van der Waals surface area contributed by atoms with Crippen LogP contribution in [-0.4, -0.2) is 25.7 Å². The summed E-state index contributed by atoms with van der Waals surface area (Å²) in [5.74, 6) is 0.485. The van der Waals surface area contributed by atoms with Crippen molar-refractivity contribution in [3.8, 4) is 0 Å². The molecule has 4 rings (SSSR count). The molecule has 0 aliphatic heterocycles. The van der Waals surface area contributed by atoms with Crippen molar-refractivity contribution in [1.29, 1.82) is 0 Å². The van der Waals surface area contributed by atoms with Crippen LogP contribution in [0.4, 0.5) is 5.13 Å². The van der Waals surface area contributed by atoms with Gasteiger partial charge in [-0.25, -0.2) is 4.79 Å². The highest BCUT2D eigenvalue weighted by Crippen LogP contribution is 2.28. The fourth-order valence-electron chi connectivity index (χ4n) is 2.90. The number of para-hydroxylation sites is 1. The van der Waals surface area contributed by atoms with Gasteiger partial charge in [0.2, 0.25) is 11.0 Å². The van der Waals surface area contributed by atoms with Gasteiger partial charge in [-0.3, -0.25) is 19.1 Å². The van der Waals surface area contributed by atoms with Crippen LogP contribution in [0.3, 0.4) is 0 Å². The van der Waals surface area contributed by atoms with Gasteiger partial charge in [0.25, 0.3) is 5.56 Å². The number of carbonyl (C=O) groups is 1. The van der Waals surface area contributed by atoms with E-state index in [9.17, 15) is 14.4 Å². The number of benzene rings is 2. The predicted molar refractivity (Wildman–Crippen MR) is 118 cm³/mol. The first-order valence-electron chi connectivity index (χ1n) is 9.12. The first kappa shape index (κ1) is 20.0. The number of amides is 1. The summed E-state index contributed by atoms with van der Waals surface area (Å²) in [6, 6.07) is 16.8. The van der Waals surface area contributed by atoms with Crippen LogP contribution in [0.15, 0.2) is 68.5 Å². The van der Waals surface area contributed by atoms with Crippen LogP contribution in [0.5, 0.6) is 0 Å². The number of aromatic nitrogens is 4. The van der Waals surface area contributed by atoms with E-state index < -0.39 is 11.2 Å². The molecule has 0 aliphatic rings. The fourth-order valence-corrected chi connectivity index (χ4v) is 4.62. The van der Waals surface area contributed by atoms with Crippen molar-refractivity contribution in [3.05, 3.63) is 81.0 Å². The third-order valence-corrected chi connectivity index (χ3v) is 6.37. The fraction of sp³-hybridized carbons (Fsp3) is 0.150. The van der Waals surface area contributed by atoms with E-state index in [1.165, 1.54) is 21.5 Å². The van der Waals surface area contributed by atoms with Gasteiger partial charge in [-0.2, -0.15) is 0 Å². The molecule has 2 heterocycles. The number of aromatic amines is 1. The minimum atomic E-state index is -0.540. The van der Waals surface area contributed by atoms with Crippen LogP contribution >= 0.6 is 23.1 Å². The summed E-state index contributed by atoms with van der Waals surface area (Å²) in [4.78, 5) is 38.7. The SMILES string of the molecule is O=C(CCn1c(=O)[nH]c(=O)c2ccccc21)Nc1nnc(SCc2ccccc2)s1. The van der Waals surface area contributed by atoms with Crippen LogP contribution in [0.25, 0.3) is 10.9 Å². The number of hydrogen-bond acceptors (Lipinski definition) is 7. The molecule has 152 valence electrons. The summed E-state index contributed by atoms with van der Waals surface area (Å²) in [5, 5.41) is 11.6. The lowest BCUT2D eigenvalue weighted by Crippen LogP contribution is -2.31. The minimum Gasteiger partial charge on any atom is -0.300 e. The molecule has 0 atom stereocenters. The topological polar surface area (TPSA) is 110 Å².